The molecule has 3 aromatic rings. The lowest BCUT2D eigenvalue weighted by molar-refractivity contribution is -0.140. The fourth-order valence-electron chi connectivity index (χ4n) is 5.29. The van der Waals surface area contributed by atoms with Gasteiger partial charge in [-0.15, -0.1) is 0 Å². The number of aryl methyl sites for hydroxylation is 1. The van der Waals surface area contributed by atoms with Gasteiger partial charge in [0.1, 0.15) is 12.6 Å². The molecular weight excluding hydrogens is 649 g/mol. The smallest absolute Gasteiger partial charge is 0.244 e. The van der Waals surface area contributed by atoms with Crippen molar-refractivity contribution in [3.05, 3.63) is 99.1 Å². The van der Waals surface area contributed by atoms with Crippen LogP contribution in [0, 0.1) is 10.5 Å². The number of rotatable bonds is 11. The lowest BCUT2D eigenvalue weighted by Gasteiger charge is -2.35. The van der Waals surface area contributed by atoms with Crippen molar-refractivity contribution in [2.24, 2.45) is 0 Å². The lowest BCUT2D eigenvalue weighted by atomic mass is 9.94. The molecule has 1 fully saturated rings. The Bertz CT molecular complexity index is 1420. The van der Waals surface area contributed by atoms with Crippen molar-refractivity contribution in [2.45, 2.75) is 64.1 Å². The van der Waals surface area contributed by atoms with Gasteiger partial charge >= 0.3 is 0 Å². The Kier molecular flexibility index (Phi) is 10.8. The minimum atomic E-state index is -3.79. The van der Waals surface area contributed by atoms with Gasteiger partial charge in [0, 0.05) is 22.6 Å². The van der Waals surface area contributed by atoms with E-state index in [4.69, 9.17) is 0 Å². The summed E-state index contributed by atoms with van der Waals surface area (Å²) in [6.45, 7) is 1.75. The molecule has 0 aliphatic heterocycles. The number of benzene rings is 3. The van der Waals surface area contributed by atoms with Gasteiger partial charge in [-0.05, 0) is 83.3 Å². The van der Waals surface area contributed by atoms with Crippen LogP contribution in [0.4, 0.5) is 5.69 Å². The van der Waals surface area contributed by atoms with Crippen LogP contribution in [0.3, 0.4) is 0 Å². The van der Waals surface area contributed by atoms with Crippen molar-refractivity contribution in [3.63, 3.8) is 0 Å². The molecule has 0 heterocycles. The van der Waals surface area contributed by atoms with Crippen LogP contribution in [-0.4, -0.2) is 50.0 Å². The molecule has 0 aromatic heterocycles. The van der Waals surface area contributed by atoms with E-state index in [0.717, 1.165) is 62.9 Å². The standard InChI is InChI=1S/C32H38IN3O4S/c1-24-11-9-10-14-26(24)22-35(31(37)23-36(41(2,39)40)29-19-17-27(33)18-20-29)30(21-25-12-5-3-6-13-25)32(38)34-28-15-7-4-8-16-28/h3,5-6,9-14,17-20,28,30H,4,7-8,15-16,21-23H2,1-2H3,(H,34,38)/t30-/m1/s1. The summed E-state index contributed by atoms with van der Waals surface area (Å²) in [6.07, 6.45) is 6.56. The average molecular weight is 688 g/mol. The second-order valence-corrected chi connectivity index (χ2v) is 13.9. The van der Waals surface area contributed by atoms with Crippen LogP contribution in [0.15, 0.2) is 78.9 Å². The lowest BCUT2D eigenvalue weighted by Crippen LogP contribution is -2.55. The zero-order chi connectivity index (χ0) is 29.4. The number of carbonyl (C=O) groups excluding carboxylic acids is 2. The van der Waals surface area contributed by atoms with Gasteiger partial charge in [-0.2, -0.15) is 0 Å². The normalized spacial score (nSPS) is 14.7. The predicted octanol–water partition coefficient (Wildman–Crippen LogP) is 5.45. The number of sulfonamides is 1. The second-order valence-electron chi connectivity index (χ2n) is 10.7. The van der Waals surface area contributed by atoms with Crippen LogP contribution in [0.1, 0.15) is 48.8 Å². The maximum atomic E-state index is 14.2. The van der Waals surface area contributed by atoms with Crippen molar-refractivity contribution in [3.8, 4) is 0 Å². The third kappa shape index (κ3) is 8.78. The van der Waals surface area contributed by atoms with Crippen molar-refractivity contribution < 1.29 is 18.0 Å². The molecule has 1 aliphatic carbocycles. The Labute approximate surface area is 257 Å². The summed E-state index contributed by atoms with van der Waals surface area (Å²) in [4.78, 5) is 29.8. The Hall–Kier alpha value is -2.92. The van der Waals surface area contributed by atoms with E-state index in [1.807, 2.05) is 61.5 Å². The zero-order valence-electron chi connectivity index (χ0n) is 23.6. The third-order valence-corrected chi connectivity index (χ3v) is 9.48. The van der Waals surface area contributed by atoms with E-state index in [2.05, 4.69) is 27.9 Å². The SMILES string of the molecule is Cc1ccccc1CN(C(=O)CN(c1ccc(I)cc1)S(C)(=O)=O)[C@H](Cc1ccccc1)C(=O)NC1CCCCC1. The first-order valence-corrected chi connectivity index (χ1v) is 17.0. The Morgan fingerprint density at radius 3 is 2.20 bits per heavy atom. The highest BCUT2D eigenvalue weighted by Crippen LogP contribution is 2.23. The fraction of sp³-hybridized carbons (Fsp3) is 0.375. The molecule has 0 saturated heterocycles. The summed E-state index contributed by atoms with van der Waals surface area (Å²) in [7, 11) is -3.79. The molecule has 1 atom stereocenters. The highest BCUT2D eigenvalue weighted by molar-refractivity contribution is 14.1. The minimum Gasteiger partial charge on any atom is -0.352 e. The van der Waals surface area contributed by atoms with Gasteiger partial charge in [0.2, 0.25) is 21.8 Å². The number of hydrogen-bond acceptors (Lipinski definition) is 4. The van der Waals surface area contributed by atoms with E-state index in [-0.39, 0.29) is 18.5 Å². The van der Waals surface area contributed by atoms with Crippen LogP contribution in [0.2, 0.25) is 0 Å². The molecule has 3 aromatic carbocycles. The third-order valence-electron chi connectivity index (χ3n) is 7.62. The predicted molar refractivity (Wildman–Crippen MR) is 172 cm³/mol. The van der Waals surface area contributed by atoms with E-state index in [1.165, 1.54) is 0 Å². The van der Waals surface area contributed by atoms with Crippen molar-refractivity contribution in [2.75, 3.05) is 17.1 Å². The minimum absolute atomic E-state index is 0.0734. The molecule has 7 nitrogen and oxygen atoms in total. The summed E-state index contributed by atoms with van der Waals surface area (Å²) in [5.41, 5.74) is 3.23. The Balaban J connectivity index is 1.72. The largest absolute Gasteiger partial charge is 0.352 e. The number of halogens is 1. The fourth-order valence-corrected chi connectivity index (χ4v) is 6.50. The first kappa shape index (κ1) is 31.0. The van der Waals surface area contributed by atoms with Gasteiger partial charge in [-0.25, -0.2) is 8.42 Å². The summed E-state index contributed by atoms with van der Waals surface area (Å²) in [5, 5.41) is 3.23. The molecular formula is C32H38IN3O4S. The first-order valence-electron chi connectivity index (χ1n) is 14.0. The quantitative estimate of drug-likeness (QED) is 0.272. The van der Waals surface area contributed by atoms with Gasteiger partial charge in [0.15, 0.2) is 0 Å². The van der Waals surface area contributed by atoms with Gasteiger partial charge in [-0.1, -0.05) is 73.9 Å². The van der Waals surface area contributed by atoms with Crippen molar-refractivity contribution >= 4 is 50.1 Å². The van der Waals surface area contributed by atoms with Crippen LogP contribution in [-0.2, 0) is 32.6 Å². The Morgan fingerprint density at radius 2 is 1.56 bits per heavy atom. The molecule has 218 valence electrons. The number of hydrogen-bond donors (Lipinski definition) is 1. The number of nitrogens with one attached hydrogen (secondary N) is 1. The van der Waals surface area contributed by atoms with E-state index in [0.29, 0.717) is 12.1 Å². The van der Waals surface area contributed by atoms with Crippen molar-refractivity contribution in [1.82, 2.24) is 10.2 Å². The molecule has 4 rings (SSSR count). The molecule has 1 aliphatic rings. The van der Waals surface area contributed by atoms with Crippen LogP contribution in [0.25, 0.3) is 0 Å². The van der Waals surface area contributed by atoms with E-state index >= 15 is 0 Å². The van der Waals surface area contributed by atoms with Crippen LogP contribution >= 0.6 is 22.6 Å². The van der Waals surface area contributed by atoms with E-state index in [9.17, 15) is 18.0 Å². The van der Waals surface area contributed by atoms with Gasteiger partial charge in [-0.3, -0.25) is 13.9 Å². The summed E-state index contributed by atoms with van der Waals surface area (Å²) in [5.74, 6) is -0.639. The zero-order valence-corrected chi connectivity index (χ0v) is 26.6. The summed E-state index contributed by atoms with van der Waals surface area (Å²) in [6, 6.07) is 23.7. The molecule has 0 bridgehead atoms. The van der Waals surface area contributed by atoms with E-state index < -0.39 is 28.5 Å². The number of carbonyl (C=O) groups is 2. The number of amides is 2. The van der Waals surface area contributed by atoms with Crippen molar-refractivity contribution in [1.29, 1.82) is 0 Å². The molecule has 9 heteroatoms. The molecule has 2 amide bonds. The molecule has 41 heavy (non-hydrogen) atoms. The highest BCUT2D eigenvalue weighted by atomic mass is 127. The highest BCUT2D eigenvalue weighted by Gasteiger charge is 2.34. The molecule has 0 unspecified atom stereocenters. The first-order chi connectivity index (χ1) is 19.6. The van der Waals surface area contributed by atoms with E-state index in [1.54, 1.807) is 29.2 Å². The summed E-state index contributed by atoms with van der Waals surface area (Å²) < 4.78 is 27.9. The van der Waals surface area contributed by atoms with Crippen LogP contribution < -0.4 is 9.62 Å². The van der Waals surface area contributed by atoms with Gasteiger partial charge < -0.3 is 10.2 Å². The molecule has 0 radical (unpaired) electrons. The average Bonchev–Trinajstić information content (AvgIpc) is 2.95. The maximum Gasteiger partial charge on any atom is 0.244 e. The second kappa shape index (κ2) is 14.3. The molecule has 0 spiro atoms. The number of nitrogens with zero attached hydrogens (tertiary/aromatic N) is 2. The Morgan fingerprint density at radius 1 is 0.927 bits per heavy atom. The monoisotopic (exact) mass is 687 g/mol. The van der Waals surface area contributed by atoms with Gasteiger partial charge in [0.05, 0.1) is 11.9 Å². The topological polar surface area (TPSA) is 86.8 Å². The summed E-state index contributed by atoms with van der Waals surface area (Å²) >= 11 is 2.15. The maximum absolute atomic E-state index is 14.2. The molecule has 1 saturated carbocycles. The molecule has 1 N–H and O–H groups in total. The van der Waals surface area contributed by atoms with Crippen LogP contribution in [0.5, 0.6) is 0 Å². The van der Waals surface area contributed by atoms with Gasteiger partial charge in [0.25, 0.3) is 0 Å². The number of anilines is 1.